The van der Waals surface area contributed by atoms with E-state index in [-0.39, 0.29) is 51.1 Å². The van der Waals surface area contributed by atoms with Crippen LogP contribution in [0.5, 0.6) is 17.2 Å². The molecule has 1 saturated heterocycles. The number of ether oxygens (including phenoxy) is 6. The molecule has 2 N–H and O–H groups in total. The number of piperidine rings is 1. The fourth-order valence-electron chi connectivity index (χ4n) is 9.89. The molecular formula is C66H83FN6O15. The third-order valence-corrected chi connectivity index (χ3v) is 15.5. The van der Waals surface area contributed by atoms with Gasteiger partial charge >= 0.3 is 11.9 Å². The lowest BCUT2D eigenvalue weighted by Crippen LogP contribution is -2.58. The van der Waals surface area contributed by atoms with Crippen LogP contribution in [0, 0.1) is 11.2 Å². The number of hydrogen-bond acceptors (Lipinski definition) is 15. The molecule has 2 heterocycles. The molecule has 0 saturated carbocycles. The summed E-state index contributed by atoms with van der Waals surface area (Å²) in [5, 5.41) is 5.61. The van der Waals surface area contributed by atoms with Crippen molar-refractivity contribution < 1.29 is 76.0 Å². The molecule has 0 spiro atoms. The highest BCUT2D eigenvalue weighted by molar-refractivity contribution is 6.38. The van der Waals surface area contributed by atoms with Crippen LogP contribution in [0.3, 0.4) is 0 Å². The maximum absolute atomic E-state index is 15.0. The van der Waals surface area contributed by atoms with Crippen molar-refractivity contribution in [2.75, 3.05) is 68.3 Å². The number of carbonyl (C=O) groups is 9. The number of carbonyl (C=O) groups excluding carboxylic acids is 9. The molecular weight excluding hydrogens is 1140 g/mol. The Bertz CT molecular complexity index is 3150. The van der Waals surface area contributed by atoms with Crippen molar-refractivity contribution in [3.63, 3.8) is 0 Å². The van der Waals surface area contributed by atoms with E-state index in [2.05, 4.69) is 10.6 Å². The minimum atomic E-state index is -1.54. The Balaban J connectivity index is 1.34. The maximum atomic E-state index is 15.0. The number of fused-ring (bicyclic) bond motifs is 3. The summed E-state index contributed by atoms with van der Waals surface area (Å²) in [6.07, 6.45) is 3.50. The van der Waals surface area contributed by atoms with Gasteiger partial charge in [-0.2, -0.15) is 0 Å². The van der Waals surface area contributed by atoms with E-state index >= 15 is 0 Å². The average molecular weight is 1220 g/mol. The van der Waals surface area contributed by atoms with E-state index in [1.165, 1.54) is 96.3 Å². The molecule has 22 heteroatoms. The molecule has 1 fully saturated rings. The smallest absolute Gasteiger partial charge is 0.330 e. The zero-order valence-electron chi connectivity index (χ0n) is 52.1. The van der Waals surface area contributed by atoms with Gasteiger partial charge < -0.3 is 58.7 Å². The fraction of sp³-hybridized carbons (Fsp3) is 0.470. The number of amides is 6. The Hall–Kier alpha value is -8.66. The highest BCUT2D eigenvalue weighted by Gasteiger charge is 2.43. The van der Waals surface area contributed by atoms with Gasteiger partial charge in [0.1, 0.15) is 54.5 Å². The Morgan fingerprint density at radius 2 is 1.41 bits per heavy atom. The predicted octanol–water partition coefficient (Wildman–Crippen LogP) is 6.45. The minimum Gasteiger partial charge on any atom is -0.493 e. The summed E-state index contributed by atoms with van der Waals surface area (Å²) in [7, 11) is 7.30. The molecule has 1 unspecified atom stereocenters. The van der Waals surface area contributed by atoms with E-state index < -0.39 is 120 Å². The van der Waals surface area contributed by atoms with Crippen molar-refractivity contribution in [2.24, 2.45) is 5.41 Å². The number of aryl methyl sites for hydroxylation is 1. The van der Waals surface area contributed by atoms with E-state index in [9.17, 15) is 47.5 Å². The number of Topliss-reactive ketones (excluding diaryl/α,β-unsaturated/α-hetero) is 1. The number of rotatable bonds is 10. The highest BCUT2D eigenvalue weighted by atomic mass is 19.1. The predicted molar refractivity (Wildman–Crippen MR) is 323 cm³/mol. The molecule has 0 aromatic heterocycles. The summed E-state index contributed by atoms with van der Waals surface area (Å²) in [4.78, 5) is 133. The molecule has 2 aliphatic rings. The van der Waals surface area contributed by atoms with Crippen LogP contribution in [0.25, 0.3) is 0 Å². The second kappa shape index (κ2) is 31.3. The monoisotopic (exact) mass is 1220 g/mol. The molecule has 88 heavy (non-hydrogen) atoms. The lowest BCUT2D eigenvalue weighted by Gasteiger charge is -2.36. The summed E-state index contributed by atoms with van der Waals surface area (Å²) < 4.78 is 49.1. The highest BCUT2D eigenvalue weighted by Crippen LogP contribution is 2.33. The molecule has 2 bridgehead atoms. The fourth-order valence-corrected chi connectivity index (χ4v) is 9.89. The van der Waals surface area contributed by atoms with E-state index in [1.807, 2.05) is 6.07 Å². The number of benzene rings is 4. The van der Waals surface area contributed by atoms with Crippen LogP contribution in [0.15, 0.2) is 109 Å². The number of nitrogens with zero attached hydrogens (tertiary/aromatic N) is 4. The van der Waals surface area contributed by atoms with Crippen LogP contribution >= 0.6 is 0 Å². The molecule has 4 aromatic carbocycles. The lowest BCUT2D eigenvalue weighted by molar-refractivity contribution is -0.165. The van der Waals surface area contributed by atoms with Crippen LogP contribution in [0.1, 0.15) is 108 Å². The van der Waals surface area contributed by atoms with Gasteiger partial charge in [-0.3, -0.25) is 33.6 Å². The van der Waals surface area contributed by atoms with Crippen LogP contribution in [-0.2, 0) is 70.2 Å². The van der Waals surface area contributed by atoms with Crippen LogP contribution in [0.2, 0.25) is 0 Å². The zero-order chi connectivity index (χ0) is 64.5. The number of esters is 2. The van der Waals surface area contributed by atoms with Gasteiger partial charge in [0, 0.05) is 46.7 Å². The quantitative estimate of drug-likeness (QED) is 0.128. The molecule has 474 valence electrons. The van der Waals surface area contributed by atoms with Crippen LogP contribution < -0.4 is 24.8 Å². The van der Waals surface area contributed by atoms with E-state index in [0.717, 1.165) is 21.4 Å². The Labute approximate surface area is 514 Å². The molecule has 6 amide bonds. The normalized spacial score (nSPS) is 22.7. The summed E-state index contributed by atoms with van der Waals surface area (Å²) in [6, 6.07) is 19.3. The molecule has 6 rings (SSSR count). The number of cyclic esters (lactones) is 2. The van der Waals surface area contributed by atoms with Crippen LogP contribution in [0.4, 0.5) is 4.39 Å². The first-order valence-corrected chi connectivity index (χ1v) is 29.4. The molecule has 4 aromatic rings. The topological polar surface area (TPSA) is 246 Å². The Morgan fingerprint density at radius 1 is 0.727 bits per heavy atom. The van der Waals surface area contributed by atoms with Crippen molar-refractivity contribution in [3.8, 4) is 17.2 Å². The molecule has 2 aliphatic heterocycles. The third kappa shape index (κ3) is 18.9. The second-order valence-corrected chi connectivity index (χ2v) is 23.6. The number of methoxy groups -OCH3 is 2. The first-order valence-electron chi connectivity index (χ1n) is 29.4. The number of halogens is 1. The standard InChI is InChI=1S/C66H83FN6O15/c1-42-59(77)69-57(45-20-13-12-14-21-45)62(80)72(9)51(39-87-65(2,3)4)60(78)68-49(36-43-26-30-47(67)31-27-43)61(79)70(7)34-17-16-25-56(75)86-41-66(5,6)58(76)63(81)73-35-18-15-24-50(73)64(82)88-52(32-28-44-29-33-53(83-10)54(37-44)84-11)46-22-19-23-48(38-46)85-40-55(74)71(42)8/h12-14,16,19-23,25-27,29-31,33,37-38,42,49-52,57H,15,17-18,24,28,32,34-36,39-41H2,1-11H3,(H,68,78)(H,69,77)/b25-16-/t42-,49-,50-,51-,52+,57?/m0/s1. The van der Waals surface area contributed by atoms with Gasteiger partial charge in [-0.15, -0.1) is 0 Å². The first-order chi connectivity index (χ1) is 41.7. The molecule has 21 nitrogen and oxygen atoms in total. The minimum absolute atomic E-state index is 0.0288. The van der Waals surface area contributed by atoms with Gasteiger partial charge in [0.05, 0.1) is 31.8 Å². The largest absolute Gasteiger partial charge is 0.493 e. The number of hydrogen-bond donors (Lipinski definition) is 2. The number of nitrogens with one attached hydrogen (secondary N) is 2. The molecule has 6 atom stereocenters. The summed E-state index contributed by atoms with van der Waals surface area (Å²) in [6.45, 7) is 8.37. The van der Waals surface area contributed by atoms with E-state index in [1.54, 1.807) is 87.5 Å². The van der Waals surface area contributed by atoms with Crippen molar-refractivity contribution >= 4 is 53.2 Å². The van der Waals surface area contributed by atoms with Crippen molar-refractivity contribution in [2.45, 2.75) is 128 Å². The summed E-state index contributed by atoms with van der Waals surface area (Å²) in [5.41, 5.74) is -0.206. The second-order valence-electron chi connectivity index (χ2n) is 23.6. The van der Waals surface area contributed by atoms with Crippen molar-refractivity contribution in [3.05, 3.63) is 137 Å². The molecule has 0 radical (unpaired) electrons. The number of likely N-dealkylation sites (N-methyl/N-ethyl adjacent to an activating group) is 3. The third-order valence-electron chi connectivity index (χ3n) is 15.5. The lowest BCUT2D eigenvalue weighted by atomic mass is 9.87. The van der Waals surface area contributed by atoms with Gasteiger partial charge in [-0.25, -0.2) is 14.0 Å². The van der Waals surface area contributed by atoms with Gasteiger partial charge in [0.25, 0.3) is 11.8 Å². The zero-order valence-corrected chi connectivity index (χ0v) is 52.1. The van der Waals surface area contributed by atoms with Gasteiger partial charge in [0.2, 0.25) is 29.4 Å². The van der Waals surface area contributed by atoms with Crippen molar-refractivity contribution in [1.29, 1.82) is 0 Å². The Kier molecular flexibility index (Phi) is 24.4. The summed E-state index contributed by atoms with van der Waals surface area (Å²) in [5.74, 6) is -6.19. The maximum Gasteiger partial charge on any atom is 0.330 e. The van der Waals surface area contributed by atoms with Gasteiger partial charge in [-0.05, 0) is 139 Å². The van der Waals surface area contributed by atoms with Gasteiger partial charge in [0.15, 0.2) is 18.1 Å². The van der Waals surface area contributed by atoms with Gasteiger partial charge in [-0.1, -0.05) is 66.7 Å². The first kappa shape index (κ1) is 68.5. The Morgan fingerprint density at radius 3 is 2.09 bits per heavy atom. The summed E-state index contributed by atoms with van der Waals surface area (Å²) >= 11 is 0. The SMILES string of the molecule is COc1ccc(CC[C@H]2OC(=O)[C@@H]3CCCCN3C(=O)C(=O)C(C)(C)COC(=O)/C=C\CCN(C)C(=O)[C@H](Cc3ccc(F)cc3)NC(=O)[C@H](COC(C)(C)C)N(C)C(=O)C(c3ccccc3)NC(=O)[C@H](C)N(C)C(=O)COc3cccc2c3)cc1OC. The molecule has 0 aliphatic carbocycles. The van der Waals surface area contributed by atoms with E-state index in [0.29, 0.717) is 47.5 Å². The van der Waals surface area contributed by atoms with E-state index in [4.69, 9.17) is 28.4 Å². The average Bonchev–Trinajstić information content (AvgIpc) is 3.68. The van der Waals surface area contributed by atoms with Crippen molar-refractivity contribution in [1.82, 2.24) is 30.2 Å². The van der Waals surface area contributed by atoms with Crippen LogP contribution in [-0.4, -0.2) is 171 Å². The number of ketones is 1.